The molecule has 6 aliphatic carbocycles. The lowest BCUT2D eigenvalue weighted by Gasteiger charge is -2.76. The number of benzene rings is 7. The van der Waals surface area contributed by atoms with Crippen LogP contribution >= 0.6 is 0 Å². The average Bonchev–Trinajstić information content (AvgIpc) is 3.93. The summed E-state index contributed by atoms with van der Waals surface area (Å²) in [5.74, 6) is 3.44. The van der Waals surface area contributed by atoms with Crippen molar-refractivity contribution in [1.82, 2.24) is 0 Å². The van der Waals surface area contributed by atoms with Crippen LogP contribution < -0.4 is 4.90 Å². The highest BCUT2D eigenvalue weighted by molar-refractivity contribution is 5.96. The predicted octanol–water partition coefficient (Wildman–Crippen LogP) is 15.8. The Morgan fingerprint density at radius 3 is 1.69 bits per heavy atom. The molecule has 6 atom stereocenters. The summed E-state index contributed by atoms with van der Waals surface area (Å²) >= 11 is 0. The first kappa shape index (κ1) is 36.0. The zero-order chi connectivity index (χ0) is 40.9. The Balaban J connectivity index is 0.996. The van der Waals surface area contributed by atoms with E-state index in [2.05, 4.69) is 196 Å². The van der Waals surface area contributed by atoms with Crippen molar-refractivity contribution in [2.75, 3.05) is 4.90 Å². The van der Waals surface area contributed by atoms with Crippen LogP contribution in [0.15, 0.2) is 164 Å². The molecule has 0 amide bonds. The minimum Gasteiger partial charge on any atom is -0.310 e. The molecule has 7 aromatic carbocycles. The molecule has 7 aromatic rings. The van der Waals surface area contributed by atoms with Crippen LogP contribution in [0.3, 0.4) is 0 Å². The molecular weight excluding hydrogens is 735 g/mol. The molecule has 0 N–H and O–H groups in total. The third-order valence-corrected chi connectivity index (χ3v) is 17.6. The van der Waals surface area contributed by atoms with Crippen LogP contribution in [0.4, 0.5) is 17.1 Å². The molecule has 13 rings (SSSR count). The second kappa shape index (κ2) is 12.5. The monoisotopic (exact) mass is 789 g/mol. The summed E-state index contributed by atoms with van der Waals surface area (Å²) in [6, 6.07) is 62.9. The van der Waals surface area contributed by atoms with Crippen molar-refractivity contribution in [2.45, 2.75) is 82.5 Å². The van der Waals surface area contributed by atoms with Gasteiger partial charge in [0.25, 0.3) is 0 Å². The largest absolute Gasteiger partial charge is 0.310 e. The van der Waals surface area contributed by atoms with Crippen LogP contribution in [0, 0.1) is 29.1 Å². The number of hydrogen-bond donors (Lipinski definition) is 0. The molecule has 4 fully saturated rings. The van der Waals surface area contributed by atoms with Crippen molar-refractivity contribution in [3.05, 3.63) is 186 Å². The smallest absolute Gasteiger partial charge is 0.0546 e. The van der Waals surface area contributed by atoms with Crippen LogP contribution in [0.2, 0.25) is 0 Å². The minimum atomic E-state index is 0.141. The number of fused-ring (bicyclic) bond motifs is 9. The standard InChI is InChI=1S/C60H55N/c1-57(2)29-30-58(3,4)53-33-43(23-28-51(53)57)41-21-26-46(27-22-41)61(45-24-19-40(20-25-45)39-13-7-5-8-14-39)54-36-49-47-17-11-12-18-50(47)60(52(49)35-48(54)42-15-9-6-10-16-42)55-32-38-31-44-34-56(60)59(44,55)37-38/h5-28,33,35-36,38,44,55-56H,29-32,34,37H2,1-4H3. The minimum absolute atomic E-state index is 0.141. The Morgan fingerprint density at radius 2 is 1.00 bits per heavy atom. The summed E-state index contributed by atoms with van der Waals surface area (Å²) in [5.41, 5.74) is 21.5. The van der Waals surface area contributed by atoms with Crippen LogP contribution in [-0.2, 0) is 16.2 Å². The van der Waals surface area contributed by atoms with Crippen LogP contribution in [0.1, 0.15) is 88.5 Å². The lowest BCUT2D eigenvalue weighted by atomic mass is 9.27. The highest BCUT2D eigenvalue weighted by atomic mass is 15.1. The van der Waals surface area contributed by atoms with E-state index in [0.29, 0.717) is 5.41 Å². The van der Waals surface area contributed by atoms with Crippen molar-refractivity contribution in [3.63, 3.8) is 0 Å². The molecule has 6 unspecified atom stereocenters. The summed E-state index contributed by atoms with van der Waals surface area (Å²) in [4.78, 5) is 2.55. The first-order chi connectivity index (χ1) is 29.7. The molecule has 2 bridgehead atoms. The number of anilines is 3. The lowest BCUT2D eigenvalue weighted by molar-refractivity contribution is -0.231. The normalized spacial score (nSPS) is 27.3. The summed E-state index contributed by atoms with van der Waals surface area (Å²) in [6.45, 7) is 9.70. The van der Waals surface area contributed by atoms with E-state index in [1.165, 1.54) is 111 Å². The van der Waals surface area contributed by atoms with Crippen molar-refractivity contribution in [3.8, 4) is 44.5 Å². The highest BCUT2D eigenvalue weighted by Gasteiger charge is 2.84. The molecule has 2 spiro atoms. The maximum Gasteiger partial charge on any atom is 0.0546 e. The fraction of sp³-hybridized carbons (Fsp3) is 0.300. The van der Waals surface area contributed by atoms with Crippen LogP contribution in [0.5, 0.6) is 0 Å². The molecule has 0 heterocycles. The van der Waals surface area contributed by atoms with Gasteiger partial charge in [-0.25, -0.2) is 0 Å². The van der Waals surface area contributed by atoms with Gasteiger partial charge in [0.1, 0.15) is 0 Å². The molecule has 6 aliphatic rings. The van der Waals surface area contributed by atoms with E-state index in [4.69, 9.17) is 0 Å². The summed E-state index contributed by atoms with van der Waals surface area (Å²) in [5, 5.41) is 0. The second-order valence-electron chi connectivity index (χ2n) is 21.2. The van der Waals surface area contributed by atoms with Gasteiger partial charge in [0.05, 0.1) is 5.69 Å². The van der Waals surface area contributed by atoms with Gasteiger partial charge in [-0.2, -0.15) is 0 Å². The summed E-state index contributed by atoms with van der Waals surface area (Å²) in [6.07, 6.45) is 8.24. The number of nitrogens with zero attached hydrogens (tertiary/aromatic N) is 1. The van der Waals surface area contributed by atoms with Crippen molar-refractivity contribution in [1.29, 1.82) is 0 Å². The Labute approximate surface area is 362 Å². The molecule has 0 radical (unpaired) electrons. The average molecular weight is 790 g/mol. The van der Waals surface area contributed by atoms with Crippen LogP contribution in [0.25, 0.3) is 44.5 Å². The molecule has 61 heavy (non-hydrogen) atoms. The van der Waals surface area contributed by atoms with Crippen molar-refractivity contribution in [2.24, 2.45) is 29.1 Å². The lowest BCUT2D eigenvalue weighted by Crippen LogP contribution is -2.73. The quantitative estimate of drug-likeness (QED) is 0.162. The van der Waals surface area contributed by atoms with Gasteiger partial charge < -0.3 is 4.90 Å². The van der Waals surface area contributed by atoms with E-state index in [0.717, 1.165) is 23.7 Å². The Kier molecular flexibility index (Phi) is 7.37. The first-order valence-corrected chi connectivity index (χ1v) is 23.2. The SMILES string of the molecule is CC1(C)CCC(C)(C)c2cc(-c3ccc(N(c4ccc(-c5ccccc5)cc4)c4cc5c(cc4-c4ccccc4)C4(c6ccccc6-5)C5CC6CC7CC4C75C6)cc3)ccc21. The maximum absolute atomic E-state index is 2.68. The fourth-order valence-electron chi connectivity index (χ4n) is 14.8. The van der Waals surface area contributed by atoms with E-state index in [-0.39, 0.29) is 16.2 Å². The van der Waals surface area contributed by atoms with Gasteiger partial charge in [0.2, 0.25) is 0 Å². The Bertz CT molecular complexity index is 2880. The zero-order valence-electron chi connectivity index (χ0n) is 36.1. The van der Waals surface area contributed by atoms with Crippen LogP contribution in [-0.4, -0.2) is 0 Å². The second-order valence-corrected chi connectivity index (χ2v) is 21.2. The van der Waals surface area contributed by atoms with Gasteiger partial charge in [-0.1, -0.05) is 155 Å². The zero-order valence-corrected chi connectivity index (χ0v) is 36.1. The molecule has 300 valence electrons. The third kappa shape index (κ3) is 4.79. The van der Waals surface area contributed by atoms with Gasteiger partial charge in [-0.05, 0) is 176 Å². The molecule has 4 saturated carbocycles. The topological polar surface area (TPSA) is 3.24 Å². The van der Waals surface area contributed by atoms with E-state index < -0.39 is 0 Å². The van der Waals surface area contributed by atoms with Gasteiger partial charge in [-0.3, -0.25) is 0 Å². The fourth-order valence-corrected chi connectivity index (χ4v) is 14.8. The molecule has 0 saturated heterocycles. The van der Waals surface area contributed by atoms with Gasteiger partial charge in [-0.15, -0.1) is 0 Å². The van der Waals surface area contributed by atoms with Gasteiger partial charge in [0.15, 0.2) is 0 Å². The number of rotatable bonds is 6. The Morgan fingerprint density at radius 1 is 0.426 bits per heavy atom. The van der Waals surface area contributed by atoms with E-state index in [1.807, 2.05) is 0 Å². The maximum atomic E-state index is 2.68. The summed E-state index contributed by atoms with van der Waals surface area (Å²) in [7, 11) is 0. The van der Waals surface area contributed by atoms with E-state index >= 15 is 0 Å². The Hall–Kier alpha value is -5.66. The predicted molar refractivity (Wildman–Crippen MR) is 254 cm³/mol. The van der Waals surface area contributed by atoms with Gasteiger partial charge >= 0.3 is 0 Å². The molecule has 1 nitrogen and oxygen atoms in total. The van der Waals surface area contributed by atoms with Crippen molar-refractivity contribution < 1.29 is 0 Å². The molecule has 1 heteroatoms. The van der Waals surface area contributed by atoms with E-state index in [9.17, 15) is 0 Å². The number of hydrogen-bond acceptors (Lipinski definition) is 1. The first-order valence-electron chi connectivity index (χ1n) is 23.2. The van der Waals surface area contributed by atoms with Crippen molar-refractivity contribution >= 4 is 17.1 Å². The third-order valence-electron chi connectivity index (χ3n) is 17.6. The van der Waals surface area contributed by atoms with Gasteiger partial charge in [0, 0.05) is 22.4 Å². The molecule has 0 aromatic heterocycles. The molecule has 0 aliphatic heterocycles. The van der Waals surface area contributed by atoms with E-state index in [1.54, 1.807) is 11.1 Å². The molecular formula is C60H55N. The highest BCUT2D eigenvalue weighted by Crippen LogP contribution is 2.89. The summed E-state index contributed by atoms with van der Waals surface area (Å²) < 4.78 is 0.